The summed E-state index contributed by atoms with van der Waals surface area (Å²) in [6.07, 6.45) is 4.26. The number of aryl methyl sites for hydroxylation is 1. The molecular weight excluding hydrogens is 288 g/mol. The van der Waals surface area contributed by atoms with Crippen LogP contribution in [0.3, 0.4) is 0 Å². The molecule has 2 aromatic rings. The number of pyridine rings is 1. The molecule has 0 amide bonds. The van der Waals surface area contributed by atoms with E-state index in [2.05, 4.69) is 22.0 Å². The predicted molar refractivity (Wildman–Crippen MR) is 89.6 cm³/mol. The molecule has 0 radical (unpaired) electrons. The average Bonchev–Trinajstić information content (AvgIpc) is 2.57. The lowest BCUT2D eigenvalue weighted by molar-refractivity contribution is 0.0696. The molecule has 1 saturated heterocycles. The van der Waals surface area contributed by atoms with Crippen molar-refractivity contribution < 1.29 is 9.90 Å². The number of aromatic nitrogens is 1. The van der Waals surface area contributed by atoms with Gasteiger partial charge in [-0.05, 0) is 68.1 Å². The summed E-state index contributed by atoms with van der Waals surface area (Å²) >= 11 is 0. The quantitative estimate of drug-likeness (QED) is 0.939. The molecule has 3 rings (SSSR count). The van der Waals surface area contributed by atoms with Crippen LogP contribution in [-0.4, -0.2) is 34.0 Å². The van der Waals surface area contributed by atoms with Gasteiger partial charge in [0.1, 0.15) is 0 Å². The number of hydrogen-bond donors (Lipinski definition) is 1. The van der Waals surface area contributed by atoms with E-state index in [1.54, 1.807) is 12.1 Å². The van der Waals surface area contributed by atoms with Crippen LogP contribution >= 0.6 is 0 Å². The summed E-state index contributed by atoms with van der Waals surface area (Å²) in [5.74, 6) is -0.276. The normalized spacial score (nSPS) is 16.4. The topological polar surface area (TPSA) is 53.4 Å². The SMILES string of the molecule is Cc1ccc(C2CCN(Cc3cccc(C(=O)O)c3)CC2)cn1. The predicted octanol–water partition coefficient (Wildman–Crippen LogP) is 3.47. The van der Waals surface area contributed by atoms with Crippen molar-refractivity contribution in [1.29, 1.82) is 0 Å². The van der Waals surface area contributed by atoms with Crippen molar-refractivity contribution in [3.63, 3.8) is 0 Å². The minimum atomic E-state index is -0.863. The van der Waals surface area contributed by atoms with Crippen LogP contribution in [0.25, 0.3) is 0 Å². The lowest BCUT2D eigenvalue weighted by Crippen LogP contribution is -2.32. The summed E-state index contributed by atoms with van der Waals surface area (Å²) in [6, 6.07) is 11.5. The van der Waals surface area contributed by atoms with Gasteiger partial charge in [0.25, 0.3) is 0 Å². The zero-order chi connectivity index (χ0) is 16.2. The van der Waals surface area contributed by atoms with Gasteiger partial charge in [-0.25, -0.2) is 4.79 Å². The maximum Gasteiger partial charge on any atom is 0.335 e. The molecule has 1 fully saturated rings. The van der Waals surface area contributed by atoms with Gasteiger partial charge in [0.2, 0.25) is 0 Å². The van der Waals surface area contributed by atoms with E-state index >= 15 is 0 Å². The highest BCUT2D eigenvalue weighted by Gasteiger charge is 2.21. The number of carbonyl (C=O) groups is 1. The van der Waals surface area contributed by atoms with Crippen LogP contribution in [0.1, 0.15) is 45.9 Å². The Morgan fingerprint density at radius 1 is 1.26 bits per heavy atom. The second-order valence-electron chi connectivity index (χ2n) is 6.29. The highest BCUT2D eigenvalue weighted by molar-refractivity contribution is 5.87. The Kier molecular flexibility index (Phi) is 4.72. The van der Waals surface area contributed by atoms with E-state index in [1.807, 2.05) is 25.3 Å². The van der Waals surface area contributed by atoms with E-state index in [-0.39, 0.29) is 0 Å². The van der Waals surface area contributed by atoms with Crippen LogP contribution in [0.15, 0.2) is 42.6 Å². The number of aromatic carboxylic acids is 1. The minimum absolute atomic E-state index is 0.364. The standard InChI is InChI=1S/C19H22N2O2/c1-14-5-6-18(12-20-14)16-7-9-21(10-8-16)13-15-3-2-4-17(11-15)19(22)23/h2-6,11-12,16H,7-10,13H2,1H3,(H,22,23). The molecule has 4 nitrogen and oxygen atoms in total. The van der Waals surface area contributed by atoms with Crippen LogP contribution < -0.4 is 0 Å². The molecule has 23 heavy (non-hydrogen) atoms. The van der Waals surface area contributed by atoms with Gasteiger partial charge >= 0.3 is 5.97 Å². The Hall–Kier alpha value is -2.20. The van der Waals surface area contributed by atoms with Crippen molar-refractivity contribution in [2.24, 2.45) is 0 Å². The molecule has 120 valence electrons. The Bertz CT molecular complexity index is 674. The highest BCUT2D eigenvalue weighted by atomic mass is 16.4. The third kappa shape index (κ3) is 3.96. The zero-order valence-electron chi connectivity index (χ0n) is 13.4. The third-order valence-corrected chi connectivity index (χ3v) is 4.57. The van der Waals surface area contributed by atoms with E-state index in [9.17, 15) is 4.79 Å². The first-order valence-electron chi connectivity index (χ1n) is 8.09. The Labute approximate surface area is 136 Å². The van der Waals surface area contributed by atoms with Gasteiger partial charge in [-0.15, -0.1) is 0 Å². The molecule has 4 heteroatoms. The van der Waals surface area contributed by atoms with Gasteiger partial charge in [-0.3, -0.25) is 9.88 Å². The van der Waals surface area contributed by atoms with Gasteiger partial charge in [0.05, 0.1) is 5.56 Å². The third-order valence-electron chi connectivity index (χ3n) is 4.57. The maximum atomic E-state index is 11.0. The molecular formula is C19H22N2O2. The average molecular weight is 310 g/mol. The zero-order valence-corrected chi connectivity index (χ0v) is 13.4. The van der Waals surface area contributed by atoms with Gasteiger partial charge in [0.15, 0.2) is 0 Å². The van der Waals surface area contributed by atoms with E-state index in [0.717, 1.165) is 43.7 Å². The molecule has 0 atom stereocenters. The fourth-order valence-corrected chi connectivity index (χ4v) is 3.21. The van der Waals surface area contributed by atoms with Crippen LogP contribution in [0.5, 0.6) is 0 Å². The monoisotopic (exact) mass is 310 g/mol. The first kappa shape index (κ1) is 15.7. The Morgan fingerprint density at radius 2 is 2.04 bits per heavy atom. The molecule has 0 spiro atoms. The lowest BCUT2D eigenvalue weighted by Gasteiger charge is -2.32. The number of likely N-dealkylation sites (tertiary alicyclic amines) is 1. The van der Waals surface area contributed by atoms with Crippen molar-refractivity contribution in [2.45, 2.75) is 32.2 Å². The van der Waals surface area contributed by atoms with Crippen molar-refractivity contribution in [2.75, 3.05) is 13.1 Å². The van der Waals surface area contributed by atoms with E-state index in [4.69, 9.17) is 5.11 Å². The molecule has 1 aliphatic rings. The summed E-state index contributed by atoms with van der Waals surface area (Å²) in [5, 5.41) is 9.08. The number of benzene rings is 1. The number of piperidine rings is 1. The molecule has 0 unspecified atom stereocenters. The van der Waals surface area contributed by atoms with E-state index in [1.165, 1.54) is 5.56 Å². The summed E-state index contributed by atoms with van der Waals surface area (Å²) in [7, 11) is 0. The fourth-order valence-electron chi connectivity index (χ4n) is 3.21. The number of carboxylic acid groups (broad SMARTS) is 1. The molecule has 1 N–H and O–H groups in total. The van der Waals surface area contributed by atoms with Gasteiger partial charge in [0, 0.05) is 18.4 Å². The molecule has 1 aliphatic heterocycles. The van der Waals surface area contributed by atoms with Crippen LogP contribution in [0.4, 0.5) is 0 Å². The summed E-state index contributed by atoms with van der Waals surface area (Å²) in [4.78, 5) is 17.8. The first-order chi connectivity index (χ1) is 11.1. The number of rotatable bonds is 4. The summed E-state index contributed by atoms with van der Waals surface area (Å²) in [5.41, 5.74) is 3.83. The van der Waals surface area contributed by atoms with E-state index < -0.39 is 5.97 Å². The molecule has 1 aromatic carbocycles. The Morgan fingerprint density at radius 3 is 2.70 bits per heavy atom. The molecule has 0 aliphatic carbocycles. The number of nitrogens with zero attached hydrogens (tertiary/aromatic N) is 2. The first-order valence-corrected chi connectivity index (χ1v) is 8.09. The molecule has 0 bridgehead atoms. The lowest BCUT2D eigenvalue weighted by atomic mass is 9.90. The smallest absolute Gasteiger partial charge is 0.335 e. The molecule has 0 saturated carbocycles. The maximum absolute atomic E-state index is 11.0. The van der Waals surface area contributed by atoms with Crippen LogP contribution in [0, 0.1) is 6.92 Å². The molecule has 2 heterocycles. The number of carboxylic acids is 1. The van der Waals surface area contributed by atoms with Gasteiger partial charge < -0.3 is 5.11 Å². The second kappa shape index (κ2) is 6.92. The van der Waals surface area contributed by atoms with Crippen LogP contribution in [-0.2, 0) is 6.54 Å². The summed E-state index contributed by atoms with van der Waals surface area (Å²) in [6.45, 7) is 4.91. The fraction of sp³-hybridized carbons (Fsp3) is 0.368. The van der Waals surface area contributed by atoms with Crippen molar-refractivity contribution in [3.8, 4) is 0 Å². The summed E-state index contributed by atoms with van der Waals surface area (Å²) < 4.78 is 0. The number of hydrogen-bond acceptors (Lipinski definition) is 3. The highest BCUT2D eigenvalue weighted by Crippen LogP contribution is 2.28. The minimum Gasteiger partial charge on any atom is -0.478 e. The largest absolute Gasteiger partial charge is 0.478 e. The van der Waals surface area contributed by atoms with Gasteiger partial charge in [-0.2, -0.15) is 0 Å². The van der Waals surface area contributed by atoms with E-state index in [0.29, 0.717) is 11.5 Å². The van der Waals surface area contributed by atoms with Crippen molar-refractivity contribution in [1.82, 2.24) is 9.88 Å². The molecule has 1 aromatic heterocycles. The Balaban J connectivity index is 1.58. The second-order valence-corrected chi connectivity index (χ2v) is 6.29. The van der Waals surface area contributed by atoms with Crippen LogP contribution in [0.2, 0.25) is 0 Å². The van der Waals surface area contributed by atoms with Crippen molar-refractivity contribution in [3.05, 3.63) is 65.0 Å². The van der Waals surface area contributed by atoms with Gasteiger partial charge in [-0.1, -0.05) is 18.2 Å². The van der Waals surface area contributed by atoms with Crippen molar-refractivity contribution >= 4 is 5.97 Å².